The smallest absolute Gasteiger partial charge is 0.255 e. The van der Waals surface area contributed by atoms with Gasteiger partial charge in [-0.15, -0.1) is 0 Å². The Hall–Kier alpha value is -1.40. The fraction of sp³-hybridized carbons (Fsp3) is 0.0714. The van der Waals surface area contributed by atoms with Gasteiger partial charge in [0.2, 0.25) is 0 Å². The van der Waals surface area contributed by atoms with Gasteiger partial charge in [-0.05, 0) is 63.0 Å². The number of halogens is 3. The predicted octanol–water partition coefficient (Wildman–Crippen LogP) is 4.49. The Morgan fingerprint density at radius 3 is 2.40 bits per heavy atom. The van der Waals surface area contributed by atoms with Gasteiger partial charge in [0.05, 0.1) is 5.69 Å². The molecule has 0 aliphatic rings. The van der Waals surface area contributed by atoms with Crippen LogP contribution in [0.4, 0.5) is 15.8 Å². The first-order chi connectivity index (χ1) is 9.40. The largest absolute Gasteiger partial charge is 0.398 e. The number of nitrogens with two attached hydrogens (primary N) is 1. The van der Waals surface area contributed by atoms with Gasteiger partial charge in [-0.1, -0.05) is 6.07 Å². The van der Waals surface area contributed by atoms with E-state index in [0.717, 1.165) is 8.95 Å². The molecule has 0 spiro atoms. The molecular formula is C14H11Br2FN2O. The zero-order valence-electron chi connectivity index (χ0n) is 10.5. The Kier molecular flexibility index (Phi) is 4.45. The monoisotopic (exact) mass is 400 g/mol. The number of rotatable bonds is 2. The van der Waals surface area contributed by atoms with Crippen LogP contribution in [0.3, 0.4) is 0 Å². The van der Waals surface area contributed by atoms with Crippen molar-refractivity contribution in [3.8, 4) is 0 Å². The van der Waals surface area contributed by atoms with E-state index < -0.39 is 11.7 Å². The summed E-state index contributed by atoms with van der Waals surface area (Å²) in [6.07, 6.45) is 0. The van der Waals surface area contributed by atoms with Crippen molar-refractivity contribution in [1.82, 2.24) is 0 Å². The van der Waals surface area contributed by atoms with Gasteiger partial charge in [0, 0.05) is 25.8 Å². The average Bonchev–Trinajstić information content (AvgIpc) is 2.39. The second kappa shape index (κ2) is 5.93. The number of carbonyl (C=O) groups is 1. The number of nitrogens with one attached hydrogen (secondary N) is 1. The SMILES string of the molecule is Cc1c(N)cc(C(=O)Nc2c(Br)cccc2Br)cc1F. The van der Waals surface area contributed by atoms with Crippen molar-refractivity contribution in [3.05, 3.63) is 56.2 Å². The van der Waals surface area contributed by atoms with E-state index in [2.05, 4.69) is 37.2 Å². The van der Waals surface area contributed by atoms with Gasteiger partial charge < -0.3 is 11.1 Å². The molecule has 2 rings (SSSR count). The molecule has 2 aromatic carbocycles. The quantitative estimate of drug-likeness (QED) is 0.728. The summed E-state index contributed by atoms with van der Waals surface area (Å²) in [4.78, 5) is 12.2. The molecule has 0 aliphatic carbocycles. The van der Waals surface area contributed by atoms with E-state index in [1.54, 1.807) is 19.1 Å². The van der Waals surface area contributed by atoms with E-state index in [1.165, 1.54) is 12.1 Å². The molecule has 0 unspecified atom stereocenters. The van der Waals surface area contributed by atoms with Gasteiger partial charge >= 0.3 is 0 Å². The molecule has 6 heteroatoms. The van der Waals surface area contributed by atoms with Crippen molar-refractivity contribution in [2.75, 3.05) is 11.1 Å². The molecule has 0 bridgehead atoms. The third kappa shape index (κ3) is 3.02. The van der Waals surface area contributed by atoms with Crippen molar-refractivity contribution in [1.29, 1.82) is 0 Å². The molecule has 104 valence electrons. The second-order valence-electron chi connectivity index (χ2n) is 4.22. The lowest BCUT2D eigenvalue weighted by Crippen LogP contribution is -2.14. The maximum Gasteiger partial charge on any atom is 0.255 e. The fourth-order valence-corrected chi connectivity index (χ4v) is 2.83. The lowest BCUT2D eigenvalue weighted by atomic mass is 10.1. The van der Waals surface area contributed by atoms with Gasteiger partial charge in [0.25, 0.3) is 5.91 Å². The number of para-hydroxylation sites is 1. The van der Waals surface area contributed by atoms with Crippen molar-refractivity contribution in [3.63, 3.8) is 0 Å². The summed E-state index contributed by atoms with van der Waals surface area (Å²) >= 11 is 6.69. The Labute approximate surface area is 132 Å². The van der Waals surface area contributed by atoms with Crippen LogP contribution in [0.25, 0.3) is 0 Å². The van der Waals surface area contributed by atoms with Crippen LogP contribution in [-0.2, 0) is 0 Å². The summed E-state index contributed by atoms with van der Waals surface area (Å²) in [5.74, 6) is -0.926. The standard InChI is InChI=1S/C14H11Br2FN2O/c1-7-11(17)5-8(6-12(7)18)14(20)19-13-9(15)3-2-4-10(13)16/h2-6H,18H2,1H3,(H,19,20). The van der Waals surface area contributed by atoms with Crippen LogP contribution in [-0.4, -0.2) is 5.91 Å². The van der Waals surface area contributed by atoms with E-state index >= 15 is 0 Å². The minimum atomic E-state index is -0.499. The minimum Gasteiger partial charge on any atom is -0.398 e. The van der Waals surface area contributed by atoms with Gasteiger partial charge in [0.15, 0.2) is 0 Å². The Balaban J connectivity index is 2.34. The molecule has 0 aliphatic heterocycles. The topological polar surface area (TPSA) is 55.1 Å². The van der Waals surface area contributed by atoms with Crippen molar-refractivity contribution in [2.45, 2.75) is 6.92 Å². The predicted molar refractivity (Wildman–Crippen MR) is 85.3 cm³/mol. The first-order valence-electron chi connectivity index (χ1n) is 5.71. The van der Waals surface area contributed by atoms with Crippen LogP contribution >= 0.6 is 31.9 Å². The zero-order chi connectivity index (χ0) is 14.9. The van der Waals surface area contributed by atoms with E-state index in [1.807, 2.05) is 6.07 Å². The number of benzene rings is 2. The molecule has 0 saturated carbocycles. The lowest BCUT2D eigenvalue weighted by Gasteiger charge is -2.11. The Morgan fingerprint density at radius 1 is 1.25 bits per heavy atom. The number of hydrogen-bond acceptors (Lipinski definition) is 2. The van der Waals surface area contributed by atoms with Gasteiger partial charge in [-0.25, -0.2) is 4.39 Å². The summed E-state index contributed by atoms with van der Waals surface area (Å²) in [6.45, 7) is 1.57. The van der Waals surface area contributed by atoms with Gasteiger partial charge in [0.1, 0.15) is 5.82 Å². The molecule has 0 heterocycles. The Bertz CT molecular complexity index is 646. The van der Waals surface area contributed by atoms with E-state index in [4.69, 9.17) is 5.73 Å². The number of anilines is 2. The highest BCUT2D eigenvalue weighted by atomic mass is 79.9. The number of amides is 1. The lowest BCUT2D eigenvalue weighted by molar-refractivity contribution is 0.102. The van der Waals surface area contributed by atoms with Crippen molar-refractivity contribution in [2.24, 2.45) is 0 Å². The molecular weight excluding hydrogens is 391 g/mol. The molecule has 0 saturated heterocycles. The second-order valence-corrected chi connectivity index (χ2v) is 5.93. The zero-order valence-corrected chi connectivity index (χ0v) is 13.7. The van der Waals surface area contributed by atoms with E-state index in [9.17, 15) is 9.18 Å². The summed E-state index contributed by atoms with van der Waals surface area (Å²) in [5, 5.41) is 2.71. The summed E-state index contributed by atoms with van der Waals surface area (Å²) in [5.41, 5.74) is 7.02. The van der Waals surface area contributed by atoms with Crippen molar-refractivity contribution < 1.29 is 9.18 Å². The highest BCUT2D eigenvalue weighted by Gasteiger charge is 2.14. The molecule has 0 fully saturated rings. The first kappa shape index (κ1) is 15.0. The van der Waals surface area contributed by atoms with E-state index in [-0.39, 0.29) is 11.3 Å². The maximum absolute atomic E-state index is 13.6. The fourth-order valence-electron chi connectivity index (χ4n) is 1.63. The molecule has 0 atom stereocenters. The third-order valence-electron chi connectivity index (χ3n) is 2.85. The van der Waals surface area contributed by atoms with Crippen LogP contribution < -0.4 is 11.1 Å². The van der Waals surface area contributed by atoms with Gasteiger partial charge in [-0.2, -0.15) is 0 Å². The highest BCUT2D eigenvalue weighted by molar-refractivity contribution is 9.11. The molecule has 3 nitrogen and oxygen atoms in total. The average molecular weight is 402 g/mol. The number of hydrogen-bond donors (Lipinski definition) is 2. The first-order valence-corrected chi connectivity index (χ1v) is 7.29. The molecule has 20 heavy (non-hydrogen) atoms. The van der Waals surface area contributed by atoms with Crippen LogP contribution in [0.5, 0.6) is 0 Å². The van der Waals surface area contributed by atoms with E-state index in [0.29, 0.717) is 11.3 Å². The molecule has 3 N–H and O–H groups in total. The van der Waals surface area contributed by atoms with Gasteiger partial charge in [-0.3, -0.25) is 4.79 Å². The Morgan fingerprint density at radius 2 is 1.85 bits per heavy atom. The maximum atomic E-state index is 13.6. The molecule has 0 radical (unpaired) electrons. The minimum absolute atomic E-state index is 0.174. The molecule has 2 aromatic rings. The summed E-state index contributed by atoms with van der Waals surface area (Å²) in [7, 11) is 0. The van der Waals surface area contributed by atoms with Crippen LogP contribution in [0.2, 0.25) is 0 Å². The van der Waals surface area contributed by atoms with Crippen LogP contribution in [0, 0.1) is 12.7 Å². The number of nitrogen functional groups attached to an aromatic ring is 1. The highest BCUT2D eigenvalue weighted by Crippen LogP contribution is 2.31. The molecule has 0 aromatic heterocycles. The molecule has 1 amide bonds. The number of carbonyl (C=O) groups excluding carboxylic acids is 1. The summed E-state index contributed by atoms with van der Waals surface area (Å²) in [6, 6.07) is 8.05. The van der Waals surface area contributed by atoms with Crippen LogP contribution in [0.15, 0.2) is 39.3 Å². The van der Waals surface area contributed by atoms with Crippen molar-refractivity contribution >= 4 is 49.1 Å². The summed E-state index contributed by atoms with van der Waals surface area (Å²) < 4.78 is 15.1. The third-order valence-corrected chi connectivity index (χ3v) is 4.17. The normalized spacial score (nSPS) is 10.4. The van der Waals surface area contributed by atoms with Crippen LogP contribution in [0.1, 0.15) is 15.9 Å².